The highest BCUT2D eigenvalue weighted by Gasteiger charge is 2.09. The van der Waals surface area contributed by atoms with Crippen LogP contribution in [0.5, 0.6) is 5.75 Å². The largest absolute Gasteiger partial charge is 0.491 e. The van der Waals surface area contributed by atoms with Crippen molar-refractivity contribution in [3.8, 4) is 5.75 Å². The van der Waals surface area contributed by atoms with Gasteiger partial charge in [0.05, 0.1) is 16.7 Å². The molecule has 0 aliphatic carbocycles. The van der Waals surface area contributed by atoms with Crippen molar-refractivity contribution in [2.75, 3.05) is 13.2 Å². The molecular weight excluding hydrogens is 343 g/mol. The van der Waals surface area contributed by atoms with Gasteiger partial charge in [-0.3, -0.25) is 0 Å². The number of aromatic amines is 1. The maximum absolute atomic E-state index is 6.23. The lowest BCUT2D eigenvalue weighted by molar-refractivity contribution is 0.340. The molecule has 3 nitrogen and oxygen atoms in total. The minimum absolute atomic E-state index is 0.543. The Morgan fingerprint density at radius 3 is 2.62 bits per heavy atom. The normalized spacial score (nSPS) is 11.1. The van der Waals surface area contributed by atoms with E-state index < -0.39 is 0 Å². The molecule has 0 saturated heterocycles. The molecule has 2 N–H and O–H groups in total. The van der Waals surface area contributed by atoms with Gasteiger partial charge >= 0.3 is 0 Å². The van der Waals surface area contributed by atoms with E-state index in [0.29, 0.717) is 28.9 Å². The Labute approximate surface area is 151 Å². The highest BCUT2D eigenvalue weighted by molar-refractivity contribution is 6.37. The van der Waals surface area contributed by atoms with Crippen molar-refractivity contribution < 1.29 is 4.74 Å². The maximum Gasteiger partial charge on any atom is 0.156 e. The highest BCUT2D eigenvalue weighted by atomic mass is 35.5. The standard InChI is InChI=1S/C19H20Cl2N2O/c1-2-24-19-16(20)9-13(10-17(19)21)11-22-8-7-14-12-23-18-6-4-3-5-15(14)18/h3-6,9-10,12,22-23H,2,7-8,11H2,1H3. The first-order chi connectivity index (χ1) is 11.7. The van der Waals surface area contributed by atoms with Crippen LogP contribution in [0.1, 0.15) is 18.1 Å². The summed E-state index contributed by atoms with van der Waals surface area (Å²) in [7, 11) is 0. The topological polar surface area (TPSA) is 37.0 Å². The summed E-state index contributed by atoms with van der Waals surface area (Å²) < 4.78 is 5.45. The number of para-hydroxylation sites is 1. The van der Waals surface area contributed by atoms with Gasteiger partial charge in [0.1, 0.15) is 0 Å². The Morgan fingerprint density at radius 2 is 1.88 bits per heavy atom. The SMILES string of the molecule is CCOc1c(Cl)cc(CNCCc2c[nH]c3ccccc23)cc1Cl. The Hall–Kier alpha value is -1.68. The van der Waals surface area contributed by atoms with Crippen LogP contribution in [0, 0.1) is 0 Å². The molecule has 0 saturated carbocycles. The third-order valence-corrected chi connectivity index (χ3v) is 4.48. The van der Waals surface area contributed by atoms with E-state index in [0.717, 1.165) is 18.5 Å². The quantitative estimate of drug-likeness (QED) is 0.566. The van der Waals surface area contributed by atoms with Crippen molar-refractivity contribution in [3.05, 3.63) is 63.8 Å². The zero-order valence-electron chi connectivity index (χ0n) is 13.5. The minimum Gasteiger partial charge on any atom is -0.491 e. The number of hydrogen-bond acceptors (Lipinski definition) is 2. The zero-order chi connectivity index (χ0) is 16.9. The van der Waals surface area contributed by atoms with E-state index in [1.54, 1.807) is 0 Å². The first kappa shape index (κ1) is 17.2. The Kier molecular flexibility index (Phi) is 5.67. The summed E-state index contributed by atoms with van der Waals surface area (Å²) in [5.74, 6) is 0.559. The van der Waals surface area contributed by atoms with Crippen LogP contribution in [-0.2, 0) is 13.0 Å². The summed E-state index contributed by atoms with van der Waals surface area (Å²) in [6.07, 6.45) is 3.04. The third kappa shape index (κ3) is 3.86. The fourth-order valence-corrected chi connectivity index (χ4v) is 3.43. The second-order valence-corrected chi connectivity index (χ2v) is 6.42. The van der Waals surface area contributed by atoms with Gasteiger partial charge < -0.3 is 15.0 Å². The summed E-state index contributed by atoms with van der Waals surface area (Å²) in [6, 6.07) is 12.1. The fraction of sp³-hybridized carbons (Fsp3) is 0.263. The van der Waals surface area contributed by atoms with Gasteiger partial charge in [-0.15, -0.1) is 0 Å². The molecule has 24 heavy (non-hydrogen) atoms. The molecule has 3 rings (SSSR count). The molecule has 2 aromatic carbocycles. The van der Waals surface area contributed by atoms with Crippen LogP contribution in [0.25, 0.3) is 10.9 Å². The molecule has 0 aliphatic rings. The number of aromatic nitrogens is 1. The maximum atomic E-state index is 6.23. The molecule has 0 fully saturated rings. The third-order valence-electron chi connectivity index (χ3n) is 3.92. The van der Waals surface area contributed by atoms with E-state index in [2.05, 4.69) is 34.7 Å². The first-order valence-corrected chi connectivity index (χ1v) is 8.81. The number of ether oxygens (including phenoxy) is 1. The molecule has 0 radical (unpaired) electrons. The van der Waals surface area contributed by atoms with Crippen LogP contribution >= 0.6 is 23.2 Å². The van der Waals surface area contributed by atoms with Crippen molar-refractivity contribution >= 4 is 34.1 Å². The second kappa shape index (κ2) is 7.93. The first-order valence-electron chi connectivity index (χ1n) is 8.05. The summed E-state index contributed by atoms with van der Waals surface area (Å²) in [5.41, 5.74) is 3.55. The van der Waals surface area contributed by atoms with Crippen molar-refractivity contribution in [2.24, 2.45) is 0 Å². The molecule has 0 bridgehead atoms. The van der Waals surface area contributed by atoms with Gasteiger partial charge in [0.25, 0.3) is 0 Å². The van der Waals surface area contributed by atoms with E-state index in [9.17, 15) is 0 Å². The van der Waals surface area contributed by atoms with Crippen molar-refractivity contribution in [3.63, 3.8) is 0 Å². The molecule has 126 valence electrons. The highest BCUT2D eigenvalue weighted by Crippen LogP contribution is 2.34. The lowest BCUT2D eigenvalue weighted by Gasteiger charge is -2.11. The van der Waals surface area contributed by atoms with Crippen molar-refractivity contribution in [2.45, 2.75) is 19.9 Å². The molecule has 0 unspecified atom stereocenters. The van der Waals surface area contributed by atoms with Crippen molar-refractivity contribution in [1.29, 1.82) is 0 Å². The van der Waals surface area contributed by atoms with Gasteiger partial charge in [0.2, 0.25) is 0 Å². The van der Waals surface area contributed by atoms with Gasteiger partial charge in [-0.1, -0.05) is 41.4 Å². The van der Waals surface area contributed by atoms with Crippen LogP contribution < -0.4 is 10.1 Å². The molecule has 0 aliphatic heterocycles. The molecule has 1 aromatic heterocycles. The lowest BCUT2D eigenvalue weighted by atomic mass is 10.1. The zero-order valence-corrected chi connectivity index (χ0v) is 15.0. The number of H-pyrrole nitrogens is 1. The van der Waals surface area contributed by atoms with Gasteiger partial charge in [-0.05, 0) is 49.2 Å². The van der Waals surface area contributed by atoms with Crippen LogP contribution in [0.2, 0.25) is 10.0 Å². The molecule has 3 aromatic rings. The molecular formula is C19H20Cl2N2O. The van der Waals surface area contributed by atoms with Gasteiger partial charge in [-0.25, -0.2) is 0 Å². The fourth-order valence-electron chi connectivity index (χ4n) is 2.79. The number of nitrogens with one attached hydrogen (secondary N) is 2. The Bertz CT molecular complexity index is 806. The van der Waals surface area contributed by atoms with Crippen LogP contribution in [0.3, 0.4) is 0 Å². The summed E-state index contributed by atoms with van der Waals surface area (Å²) in [6.45, 7) is 4.05. The minimum atomic E-state index is 0.543. The number of benzene rings is 2. The second-order valence-electron chi connectivity index (χ2n) is 5.61. The number of halogens is 2. The van der Waals surface area contributed by atoms with Crippen molar-refractivity contribution in [1.82, 2.24) is 10.3 Å². The van der Waals surface area contributed by atoms with Gasteiger partial charge in [0.15, 0.2) is 5.75 Å². The average molecular weight is 363 g/mol. The molecule has 0 amide bonds. The van der Waals surface area contributed by atoms with Gasteiger partial charge in [0, 0.05) is 23.6 Å². The van der Waals surface area contributed by atoms with Crippen LogP contribution in [-0.4, -0.2) is 18.1 Å². The Balaban J connectivity index is 1.57. The van der Waals surface area contributed by atoms with E-state index in [1.807, 2.05) is 25.1 Å². The predicted molar refractivity (Wildman–Crippen MR) is 101 cm³/mol. The van der Waals surface area contributed by atoms with E-state index >= 15 is 0 Å². The molecule has 5 heteroatoms. The summed E-state index contributed by atoms with van der Waals surface area (Å²) in [4.78, 5) is 3.30. The van der Waals surface area contributed by atoms with E-state index in [4.69, 9.17) is 27.9 Å². The smallest absolute Gasteiger partial charge is 0.156 e. The van der Waals surface area contributed by atoms with Gasteiger partial charge in [-0.2, -0.15) is 0 Å². The van der Waals surface area contributed by atoms with Crippen LogP contribution in [0.15, 0.2) is 42.6 Å². The summed E-state index contributed by atoms with van der Waals surface area (Å²) in [5, 5.41) is 5.83. The molecule has 0 atom stereocenters. The van der Waals surface area contributed by atoms with E-state index in [-0.39, 0.29) is 0 Å². The predicted octanol–water partition coefficient (Wildman–Crippen LogP) is 5.21. The monoisotopic (exact) mass is 362 g/mol. The Morgan fingerprint density at radius 1 is 1.12 bits per heavy atom. The summed E-state index contributed by atoms with van der Waals surface area (Å²) >= 11 is 12.5. The lowest BCUT2D eigenvalue weighted by Crippen LogP contribution is -2.16. The average Bonchev–Trinajstić information content (AvgIpc) is 2.98. The molecule has 1 heterocycles. The van der Waals surface area contributed by atoms with E-state index in [1.165, 1.54) is 16.5 Å². The molecule has 0 spiro atoms. The number of rotatable bonds is 7. The number of fused-ring (bicyclic) bond motifs is 1. The van der Waals surface area contributed by atoms with Crippen LogP contribution in [0.4, 0.5) is 0 Å². The number of hydrogen-bond donors (Lipinski definition) is 2.